The van der Waals surface area contributed by atoms with Gasteiger partial charge in [-0.25, -0.2) is 13.2 Å². The summed E-state index contributed by atoms with van der Waals surface area (Å²) in [5, 5.41) is 7.12. The van der Waals surface area contributed by atoms with Gasteiger partial charge in [0, 0.05) is 44.5 Å². The Hall–Kier alpha value is -2.25. The number of nitrogens with zero attached hydrogens (tertiary/aromatic N) is 3. The minimum Gasteiger partial charge on any atom is -0.475 e. The van der Waals surface area contributed by atoms with E-state index >= 15 is 0 Å². The SMILES string of the molecule is Cc1cncc(C(=O)N2C[C@@H]3CN(S(C)(=O)=O)CCO[C@@H]3C2)c1.O=C(O)C(F)(F)F. The molecule has 9 nitrogen and oxygen atoms in total. The lowest BCUT2D eigenvalue weighted by atomic mass is 10.1. The number of hydrogen-bond acceptors (Lipinski definition) is 6. The minimum atomic E-state index is -5.08. The Balaban J connectivity index is 0.000000396. The fourth-order valence-corrected chi connectivity index (χ4v) is 4.05. The van der Waals surface area contributed by atoms with Gasteiger partial charge in [0.1, 0.15) is 0 Å². The highest BCUT2D eigenvalue weighted by Gasteiger charge is 2.40. The predicted molar refractivity (Wildman–Crippen MR) is 98.2 cm³/mol. The number of aromatic nitrogens is 1. The molecule has 168 valence electrons. The van der Waals surface area contributed by atoms with Gasteiger partial charge in [0.25, 0.3) is 5.91 Å². The Bertz CT molecular complexity index is 893. The normalized spacial score (nSPS) is 22.5. The molecule has 1 N–H and O–H groups in total. The molecule has 0 saturated carbocycles. The van der Waals surface area contributed by atoms with Crippen LogP contribution in [0.1, 0.15) is 15.9 Å². The van der Waals surface area contributed by atoms with Crippen molar-refractivity contribution >= 4 is 21.9 Å². The summed E-state index contributed by atoms with van der Waals surface area (Å²) in [6.45, 7) is 4.03. The van der Waals surface area contributed by atoms with Crippen molar-refractivity contribution in [2.24, 2.45) is 5.92 Å². The van der Waals surface area contributed by atoms with Crippen LogP contribution in [0, 0.1) is 12.8 Å². The van der Waals surface area contributed by atoms with Crippen molar-refractivity contribution in [2.45, 2.75) is 19.2 Å². The van der Waals surface area contributed by atoms with E-state index in [4.69, 9.17) is 14.6 Å². The first-order valence-corrected chi connectivity index (χ1v) is 10.7. The molecule has 3 heterocycles. The van der Waals surface area contributed by atoms with Gasteiger partial charge in [-0.05, 0) is 18.6 Å². The standard InChI is InChI=1S/C15H21N3O4S.C2HF3O2/c1-11-5-12(7-16-6-11)15(19)17-8-13-9-18(23(2,20)21)3-4-22-14(13)10-17;3-2(4,5)1(6)7/h5-7,13-14H,3-4,8-10H2,1-2H3;(H,6,7)/t13-,14-;/m1./s1. The first-order chi connectivity index (χ1) is 13.8. The number of carbonyl (C=O) groups excluding carboxylic acids is 1. The van der Waals surface area contributed by atoms with Crippen molar-refractivity contribution in [3.05, 3.63) is 29.6 Å². The molecule has 1 amide bonds. The van der Waals surface area contributed by atoms with Crippen LogP contribution in [0.2, 0.25) is 0 Å². The lowest BCUT2D eigenvalue weighted by Gasteiger charge is -2.21. The number of likely N-dealkylation sites (tertiary alicyclic amines) is 1. The summed E-state index contributed by atoms with van der Waals surface area (Å²) < 4.78 is 62.5. The third-order valence-electron chi connectivity index (χ3n) is 4.61. The predicted octanol–water partition coefficient (Wildman–Crippen LogP) is 0.756. The summed E-state index contributed by atoms with van der Waals surface area (Å²) in [5.74, 6) is -2.83. The maximum absolute atomic E-state index is 12.6. The molecule has 2 aliphatic heterocycles. The highest BCUT2D eigenvalue weighted by Crippen LogP contribution is 2.26. The number of fused-ring (bicyclic) bond motifs is 1. The largest absolute Gasteiger partial charge is 0.490 e. The molecule has 0 bridgehead atoms. The maximum atomic E-state index is 12.6. The van der Waals surface area contributed by atoms with Gasteiger partial charge < -0.3 is 14.7 Å². The van der Waals surface area contributed by atoms with Gasteiger partial charge >= 0.3 is 12.1 Å². The Morgan fingerprint density at radius 3 is 2.40 bits per heavy atom. The topological polar surface area (TPSA) is 117 Å². The van der Waals surface area contributed by atoms with Crippen LogP contribution < -0.4 is 0 Å². The van der Waals surface area contributed by atoms with Crippen molar-refractivity contribution in [1.82, 2.24) is 14.2 Å². The quantitative estimate of drug-likeness (QED) is 0.703. The third-order valence-corrected chi connectivity index (χ3v) is 5.88. The first-order valence-electron chi connectivity index (χ1n) is 8.87. The number of sulfonamides is 1. The van der Waals surface area contributed by atoms with Crippen LogP contribution in [0.25, 0.3) is 0 Å². The number of hydrogen-bond donors (Lipinski definition) is 1. The van der Waals surface area contributed by atoms with E-state index in [1.807, 2.05) is 13.0 Å². The fraction of sp³-hybridized carbons (Fsp3) is 0.588. The molecule has 2 aliphatic rings. The second-order valence-electron chi connectivity index (χ2n) is 7.05. The first kappa shape index (κ1) is 24.0. The number of carboxylic acid groups (broad SMARTS) is 1. The highest BCUT2D eigenvalue weighted by molar-refractivity contribution is 7.88. The molecule has 2 fully saturated rings. The van der Waals surface area contributed by atoms with Gasteiger partial charge in [0.05, 0.1) is 24.5 Å². The summed E-state index contributed by atoms with van der Waals surface area (Å²) in [5.41, 5.74) is 1.49. The highest BCUT2D eigenvalue weighted by atomic mass is 32.2. The molecule has 3 rings (SSSR count). The number of carbonyl (C=O) groups is 2. The second kappa shape index (κ2) is 9.27. The molecule has 0 spiro atoms. The molecule has 0 aromatic carbocycles. The number of carboxylic acids is 1. The van der Waals surface area contributed by atoms with Crippen LogP contribution in [0.4, 0.5) is 13.2 Å². The number of halogens is 3. The molecular weight excluding hydrogens is 431 g/mol. The lowest BCUT2D eigenvalue weighted by molar-refractivity contribution is -0.192. The Morgan fingerprint density at radius 1 is 1.23 bits per heavy atom. The summed E-state index contributed by atoms with van der Waals surface area (Å²) in [7, 11) is -3.24. The zero-order valence-corrected chi connectivity index (χ0v) is 17.1. The van der Waals surface area contributed by atoms with E-state index in [2.05, 4.69) is 4.98 Å². The van der Waals surface area contributed by atoms with Crippen molar-refractivity contribution in [3.63, 3.8) is 0 Å². The van der Waals surface area contributed by atoms with Crippen molar-refractivity contribution in [3.8, 4) is 0 Å². The lowest BCUT2D eigenvalue weighted by Crippen LogP contribution is -2.37. The Morgan fingerprint density at radius 2 is 1.87 bits per heavy atom. The molecule has 13 heteroatoms. The smallest absolute Gasteiger partial charge is 0.475 e. The molecule has 1 aromatic rings. The van der Waals surface area contributed by atoms with E-state index in [0.717, 1.165) is 5.56 Å². The average Bonchev–Trinajstić information content (AvgIpc) is 2.91. The maximum Gasteiger partial charge on any atom is 0.490 e. The fourth-order valence-electron chi connectivity index (χ4n) is 3.19. The minimum absolute atomic E-state index is 0.00828. The van der Waals surface area contributed by atoms with E-state index in [9.17, 15) is 26.4 Å². The van der Waals surface area contributed by atoms with Crippen molar-refractivity contribution in [2.75, 3.05) is 39.0 Å². The van der Waals surface area contributed by atoms with Crippen LogP contribution in [-0.4, -0.2) is 90.9 Å². The number of aliphatic carboxylic acids is 1. The zero-order chi connectivity index (χ0) is 22.7. The zero-order valence-electron chi connectivity index (χ0n) is 16.3. The van der Waals surface area contributed by atoms with Crippen molar-refractivity contribution in [1.29, 1.82) is 0 Å². The van der Waals surface area contributed by atoms with Crippen LogP contribution in [0.5, 0.6) is 0 Å². The molecule has 1 aromatic heterocycles. The summed E-state index contributed by atoms with van der Waals surface area (Å²) in [4.78, 5) is 27.3. The van der Waals surface area contributed by atoms with Gasteiger partial charge in [0.2, 0.25) is 10.0 Å². The third kappa shape index (κ3) is 6.37. The molecular formula is C17H22F3N3O6S. The number of rotatable bonds is 2. The van der Waals surface area contributed by atoms with Crippen LogP contribution >= 0.6 is 0 Å². The van der Waals surface area contributed by atoms with Crippen LogP contribution in [-0.2, 0) is 19.6 Å². The van der Waals surface area contributed by atoms with E-state index in [1.54, 1.807) is 17.3 Å². The van der Waals surface area contributed by atoms with Crippen molar-refractivity contribution < 1.29 is 41.0 Å². The van der Waals surface area contributed by atoms with Gasteiger partial charge in [-0.15, -0.1) is 0 Å². The Labute approximate surface area is 171 Å². The Kier molecular flexibility index (Phi) is 7.42. The molecule has 0 radical (unpaired) electrons. The number of aryl methyl sites for hydroxylation is 1. The number of alkyl halides is 3. The summed E-state index contributed by atoms with van der Waals surface area (Å²) in [6, 6.07) is 1.81. The van der Waals surface area contributed by atoms with Crippen LogP contribution in [0.15, 0.2) is 18.5 Å². The second-order valence-corrected chi connectivity index (χ2v) is 9.04. The van der Waals surface area contributed by atoms with E-state index in [1.165, 1.54) is 10.6 Å². The number of ether oxygens (including phenoxy) is 1. The van der Waals surface area contributed by atoms with E-state index in [0.29, 0.717) is 38.3 Å². The molecule has 30 heavy (non-hydrogen) atoms. The average molecular weight is 453 g/mol. The summed E-state index contributed by atoms with van der Waals surface area (Å²) >= 11 is 0. The molecule has 0 aliphatic carbocycles. The monoisotopic (exact) mass is 453 g/mol. The van der Waals surface area contributed by atoms with Crippen LogP contribution in [0.3, 0.4) is 0 Å². The van der Waals surface area contributed by atoms with Gasteiger partial charge in [0.15, 0.2) is 0 Å². The van der Waals surface area contributed by atoms with Gasteiger partial charge in [-0.2, -0.15) is 17.5 Å². The van der Waals surface area contributed by atoms with Gasteiger partial charge in [-0.3, -0.25) is 9.78 Å². The molecule has 2 atom stereocenters. The molecule has 2 saturated heterocycles. The molecule has 0 unspecified atom stereocenters. The van der Waals surface area contributed by atoms with Gasteiger partial charge in [-0.1, -0.05) is 0 Å². The number of amides is 1. The van der Waals surface area contributed by atoms with E-state index in [-0.39, 0.29) is 17.9 Å². The van der Waals surface area contributed by atoms with E-state index < -0.39 is 22.2 Å². The summed E-state index contributed by atoms with van der Waals surface area (Å²) in [6.07, 6.45) is -0.710. The number of pyridine rings is 1.